The van der Waals surface area contributed by atoms with Crippen LogP contribution in [-0.4, -0.2) is 51.1 Å². The van der Waals surface area contributed by atoms with Gasteiger partial charge in [-0.05, 0) is 30.7 Å². The van der Waals surface area contributed by atoms with Gasteiger partial charge in [0.15, 0.2) is 5.82 Å². The van der Waals surface area contributed by atoms with Crippen LogP contribution in [0.2, 0.25) is 5.02 Å². The van der Waals surface area contributed by atoms with Crippen LogP contribution in [0.25, 0.3) is 10.9 Å². The first-order valence-corrected chi connectivity index (χ1v) is 10.1. The molecule has 0 unspecified atom stereocenters. The van der Waals surface area contributed by atoms with Crippen LogP contribution in [0, 0.1) is 11.7 Å². The summed E-state index contributed by atoms with van der Waals surface area (Å²) >= 11 is 5.95. The third kappa shape index (κ3) is 4.02. The molecule has 12 heteroatoms. The number of β-amino-alcohol motifs (C(OH)–C–C–N with tert-alkyl or cyclic N) is 1. The van der Waals surface area contributed by atoms with Gasteiger partial charge in [0.1, 0.15) is 5.82 Å². The van der Waals surface area contributed by atoms with E-state index in [4.69, 9.17) is 11.6 Å². The minimum atomic E-state index is -4.88. The summed E-state index contributed by atoms with van der Waals surface area (Å²) in [6, 6.07) is 6.58. The zero-order chi connectivity index (χ0) is 24.1. The number of anilines is 1. The topological polar surface area (TPSA) is 95.7 Å². The number of halogens is 5. The fourth-order valence-electron chi connectivity index (χ4n) is 3.98. The molecule has 7 nitrogen and oxygen atoms in total. The smallest absolute Gasteiger partial charge is 0.417 e. The molecule has 0 aliphatic carbocycles. The van der Waals surface area contributed by atoms with Gasteiger partial charge in [-0.1, -0.05) is 23.7 Å². The highest BCUT2D eigenvalue weighted by atomic mass is 35.5. The number of alkyl halides is 3. The van der Waals surface area contributed by atoms with Crippen molar-refractivity contribution >= 4 is 40.2 Å². The second-order valence-electron chi connectivity index (χ2n) is 7.58. The molecule has 1 aliphatic heterocycles. The minimum absolute atomic E-state index is 0.0238. The molecule has 0 spiro atoms. The molecule has 2 N–H and O–H groups in total. The van der Waals surface area contributed by atoms with E-state index >= 15 is 0 Å². The van der Waals surface area contributed by atoms with E-state index < -0.39 is 52.0 Å². The number of aliphatic hydroxyl groups is 1. The number of aliphatic carboxylic acids is 1. The highest BCUT2D eigenvalue weighted by Gasteiger charge is 2.38. The first-order chi connectivity index (χ1) is 15.5. The number of carbonyl (C=O) groups is 2. The van der Waals surface area contributed by atoms with E-state index in [1.54, 1.807) is 0 Å². The van der Waals surface area contributed by atoms with E-state index in [-0.39, 0.29) is 36.2 Å². The standard InChI is InChI=1S/C21H16ClF4N3O4/c22-12-4-1-3-11(21(24,25)26)16(12)19(31)29-14-6-2-5-13(23)17(14)18(27-29)28-8-7-10(20(32)33)15(30)9-28/h1-6,10,15,30H,7-9H2,(H,32,33)/t10-,15+/m0/s1. The molecular weight excluding hydrogens is 470 g/mol. The lowest BCUT2D eigenvalue weighted by Gasteiger charge is -2.34. The van der Waals surface area contributed by atoms with Crippen molar-refractivity contribution < 1.29 is 37.4 Å². The largest absolute Gasteiger partial charge is 0.481 e. The van der Waals surface area contributed by atoms with Crippen LogP contribution >= 0.6 is 11.6 Å². The van der Waals surface area contributed by atoms with Crippen molar-refractivity contribution in [3.63, 3.8) is 0 Å². The van der Waals surface area contributed by atoms with Crippen molar-refractivity contribution in [1.82, 2.24) is 9.78 Å². The third-order valence-electron chi connectivity index (χ3n) is 5.56. The first kappa shape index (κ1) is 23.0. The number of carbonyl (C=O) groups excluding carboxylic acids is 1. The molecule has 1 fully saturated rings. The summed E-state index contributed by atoms with van der Waals surface area (Å²) in [5.41, 5.74) is -2.20. The number of rotatable bonds is 3. The van der Waals surface area contributed by atoms with E-state index in [0.717, 1.165) is 18.2 Å². The molecule has 174 valence electrons. The van der Waals surface area contributed by atoms with Gasteiger partial charge in [-0.25, -0.2) is 4.39 Å². The van der Waals surface area contributed by atoms with E-state index in [1.807, 2.05) is 0 Å². The van der Waals surface area contributed by atoms with Gasteiger partial charge in [0.25, 0.3) is 5.91 Å². The zero-order valence-electron chi connectivity index (χ0n) is 16.7. The number of hydrogen-bond acceptors (Lipinski definition) is 5. The lowest BCUT2D eigenvalue weighted by molar-refractivity contribution is -0.146. The van der Waals surface area contributed by atoms with Gasteiger partial charge in [-0.15, -0.1) is 5.10 Å². The van der Waals surface area contributed by atoms with Crippen LogP contribution in [-0.2, 0) is 11.0 Å². The minimum Gasteiger partial charge on any atom is -0.481 e. The van der Waals surface area contributed by atoms with Crippen LogP contribution in [0.15, 0.2) is 36.4 Å². The van der Waals surface area contributed by atoms with E-state index in [0.29, 0.717) is 10.7 Å². The number of aliphatic hydroxyl groups excluding tert-OH is 1. The van der Waals surface area contributed by atoms with Crippen LogP contribution < -0.4 is 4.90 Å². The maximum absolute atomic E-state index is 14.8. The first-order valence-electron chi connectivity index (χ1n) is 9.74. The second kappa shape index (κ2) is 8.31. The molecule has 2 heterocycles. The van der Waals surface area contributed by atoms with Crippen molar-refractivity contribution in [2.45, 2.75) is 18.7 Å². The predicted molar refractivity (Wildman–Crippen MR) is 110 cm³/mol. The molecule has 33 heavy (non-hydrogen) atoms. The molecule has 3 aromatic rings. The van der Waals surface area contributed by atoms with E-state index in [9.17, 15) is 37.4 Å². The van der Waals surface area contributed by atoms with Crippen molar-refractivity contribution in [1.29, 1.82) is 0 Å². The lowest BCUT2D eigenvalue weighted by Crippen LogP contribution is -2.47. The maximum Gasteiger partial charge on any atom is 0.417 e. The zero-order valence-corrected chi connectivity index (χ0v) is 17.4. The van der Waals surface area contributed by atoms with Crippen molar-refractivity contribution in [3.8, 4) is 0 Å². The van der Waals surface area contributed by atoms with Crippen molar-refractivity contribution in [2.75, 3.05) is 18.0 Å². The van der Waals surface area contributed by atoms with Gasteiger partial charge in [-0.2, -0.15) is 17.9 Å². The Hall–Kier alpha value is -3.18. The molecule has 0 radical (unpaired) electrons. The highest BCUT2D eigenvalue weighted by molar-refractivity contribution is 6.34. The average Bonchev–Trinajstić information content (AvgIpc) is 3.13. The van der Waals surface area contributed by atoms with Crippen molar-refractivity contribution in [3.05, 3.63) is 58.4 Å². The summed E-state index contributed by atoms with van der Waals surface area (Å²) < 4.78 is 56.0. The summed E-state index contributed by atoms with van der Waals surface area (Å²) in [5, 5.41) is 22.9. The molecule has 2 aromatic carbocycles. The predicted octanol–water partition coefficient (Wildman–Crippen LogP) is 3.81. The Morgan fingerprint density at radius 3 is 2.48 bits per heavy atom. The number of nitrogens with zero attached hydrogens (tertiary/aromatic N) is 3. The molecule has 1 aromatic heterocycles. The number of carboxylic acids is 1. The Bertz CT molecular complexity index is 1260. The van der Waals surface area contributed by atoms with E-state index in [2.05, 4.69) is 5.10 Å². The number of aromatic nitrogens is 2. The quantitative estimate of drug-likeness (QED) is 0.548. The summed E-state index contributed by atoms with van der Waals surface area (Å²) in [5.74, 6) is -4.31. The Kier molecular flexibility index (Phi) is 5.79. The Balaban J connectivity index is 1.85. The second-order valence-corrected chi connectivity index (χ2v) is 7.99. The number of fused-ring (bicyclic) bond motifs is 1. The summed E-state index contributed by atoms with van der Waals surface area (Å²) in [4.78, 5) is 25.9. The number of carboxylic acid groups (broad SMARTS) is 1. The summed E-state index contributed by atoms with van der Waals surface area (Å²) in [6.45, 7) is -0.145. The molecule has 2 atom stereocenters. The van der Waals surface area contributed by atoms with Gasteiger partial charge in [0.05, 0.1) is 39.1 Å². The van der Waals surface area contributed by atoms with Gasteiger partial charge >= 0.3 is 12.1 Å². The van der Waals surface area contributed by atoms with Gasteiger partial charge in [0.2, 0.25) is 0 Å². The molecule has 1 aliphatic rings. The molecule has 4 rings (SSSR count). The molecule has 1 saturated heterocycles. The summed E-state index contributed by atoms with van der Waals surface area (Å²) in [7, 11) is 0. The van der Waals surface area contributed by atoms with Crippen LogP contribution in [0.4, 0.5) is 23.4 Å². The monoisotopic (exact) mass is 485 g/mol. The Labute approximate surface area is 188 Å². The fourth-order valence-corrected chi connectivity index (χ4v) is 4.24. The molecule has 0 bridgehead atoms. The molecule has 0 amide bonds. The fraction of sp³-hybridized carbons (Fsp3) is 0.286. The third-order valence-corrected chi connectivity index (χ3v) is 5.88. The Morgan fingerprint density at radius 2 is 1.85 bits per heavy atom. The highest BCUT2D eigenvalue weighted by Crippen LogP contribution is 2.37. The number of benzene rings is 2. The average molecular weight is 486 g/mol. The maximum atomic E-state index is 14.8. The van der Waals surface area contributed by atoms with Gasteiger partial charge < -0.3 is 15.1 Å². The van der Waals surface area contributed by atoms with Crippen LogP contribution in [0.5, 0.6) is 0 Å². The van der Waals surface area contributed by atoms with Crippen molar-refractivity contribution in [2.24, 2.45) is 5.92 Å². The normalized spacial score (nSPS) is 19.2. The van der Waals surface area contributed by atoms with Crippen LogP contribution in [0.1, 0.15) is 22.3 Å². The lowest BCUT2D eigenvalue weighted by atomic mass is 9.94. The number of piperidine rings is 1. The molecule has 0 saturated carbocycles. The SMILES string of the molecule is O=C(O)[C@H]1CCN(c2nn(C(=O)c3c(Cl)cccc3C(F)(F)F)c3cccc(F)c23)C[C@H]1O. The van der Waals surface area contributed by atoms with Gasteiger partial charge in [-0.3, -0.25) is 9.59 Å². The molecular formula is C21H16ClF4N3O4. The number of hydrogen-bond donors (Lipinski definition) is 2. The van der Waals surface area contributed by atoms with Crippen LogP contribution in [0.3, 0.4) is 0 Å². The summed E-state index contributed by atoms with van der Waals surface area (Å²) in [6.07, 6.45) is -6.15. The Morgan fingerprint density at radius 1 is 1.15 bits per heavy atom. The van der Waals surface area contributed by atoms with E-state index in [1.165, 1.54) is 17.0 Å². The van der Waals surface area contributed by atoms with Gasteiger partial charge in [0, 0.05) is 13.1 Å².